The monoisotopic (exact) mass is 514 g/mol. The third-order valence-electron chi connectivity index (χ3n) is 7.78. The van der Waals surface area contributed by atoms with Crippen LogP contribution in [0.15, 0.2) is 78.9 Å². The molecule has 0 aliphatic carbocycles. The lowest BCUT2D eigenvalue weighted by Crippen LogP contribution is -2.57. The lowest BCUT2D eigenvalue weighted by Gasteiger charge is -2.40. The van der Waals surface area contributed by atoms with Gasteiger partial charge in [0.25, 0.3) is 5.91 Å². The van der Waals surface area contributed by atoms with Crippen molar-refractivity contribution in [1.82, 2.24) is 4.90 Å². The van der Waals surface area contributed by atoms with Crippen molar-refractivity contribution < 1.29 is 14.4 Å². The molecule has 6 heteroatoms. The Bertz CT molecular complexity index is 1340. The highest BCUT2D eigenvalue weighted by Gasteiger charge is 2.69. The fraction of sp³-hybridized carbons (Fsp3) is 0.323. The number of carbonyl (C=O) groups excluding carboxylic acids is 3. The maximum absolute atomic E-state index is 14.6. The number of nitrogens with zero attached hydrogens (tertiary/aromatic N) is 1. The predicted molar refractivity (Wildman–Crippen MR) is 146 cm³/mol. The predicted octanol–water partition coefficient (Wildman–Crippen LogP) is 6.44. The van der Waals surface area contributed by atoms with E-state index in [0.29, 0.717) is 28.3 Å². The Labute approximate surface area is 222 Å². The van der Waals surface area contributed by atoms with E-state index in [4.69, 9.17) is 11.6 Å². The molecule has 0 aromatic heterocycles. The first-order valence-electron chi connectivity index (χ1n) is 12.9. The zero-order valence-corrected chi connectivity index (χ0v) is 22.0. The molecule has 1 saturated heterocycles. The molecule has 2 aliphatic heterocycles. The number of rotatable bonds is 6. The fourth-order valence-corrected chi connectivity index (χ4v) is 6.45. The third kappa shape index (κ3) is 3.88. The van der Waals surface area contributed by atoms with E-state index in [2.05, 4.69) is 12.2 Å². The van der Waals surface area contributed by atoms with E-state index in [9.17, 15) is 14.4 Å². The van der Waals surface area contributed by atoms with Gasteiger partial charge in [-0.25, -0.2) is 0 Å². The molecule has 3 aromatic rings. The highest BCUT2D eigenvalue weighted by Crippen LogP contribution is 2.60. The smallest absolute Gasteiger partial charge is 0.255 e. The Morgan fingerprint density at radius 3 is 2.27 bits per heavy atom. The molecule has 5 nitrogen and oxygen atoms in total. The van der Waals surface area contributed by atoms with Crippen molar-refractivity contribution in [2.45, 2.75) is 51.1 Å². The van der Waals surface area contributed by atoms with Crippen LogP contribution in [0.2, 0.25) is 5.02 Å². The number of ketones is 1. The maximum atomic E-state index is 14.6. The van der Waals surface area contributed by atoms with Crippen LogP contribution in [0.4, 0.5) is 5.69 Å². The number of carbonyl (C=O) groups is 3. The quantitative estimate of drug-likeness (QED) is 0.385. The van der Waals surface area contributed by atoms with Crippen LogP contribution in [-0.2, 0) is 15.1 Å². The van der Waals surface area contributed by atoms with Crippen LogP contribution in [0.3, 0.4) is 0 Å². The molecule has 5 rings (SSSR count). The highest BCUT2D eigenvalue weighted by atomic mass is 35.5. The summed E-state index contributed by atoms with van der Waals surface area (Å²) in [7, 11) is 0. The van der Waals surface area contributed by atoms with Gasteiger partial charge in [0.2, 0.25) is 5.91 Å². The number of likely N-dealkylation sites (tertiary alicyclic amines) is 1. The summed E-state index contributed by atoms with van der Waals surface area (Å²) >= 11 is 6.25. The number of Topliss-reactive ketones (excluding diaryl/α,β-unsaturated/α-hetero) is 1. The molecule has 1 spiro atoms. The van der Waals surface area contributed by atoms with Crippen molar-refractivity contribution in [3.63, 3.8) is 0 Å². The van der Waals surface area contributed by atoms with E-state index in [0.717, 1.165) is 12.0 Å². The molecule has 2 aliphatic rings. The molecule has 1 N–H and O–H groups in total. The first kappa shape index (κ1) is 25.2. The Hall–Kier alpha value is -3.44. The summed E-state index contributed by atoms with van der Waals surface area (Å²) < 4.78 is 0. The largest absolute Gasteiger partial charge is 0.323 e. The molecule has 2 amide bonds. The number of fused-ring (bicyclic) bond motifs is 2. The number of hydrogen-bond donors (Lipinski definition) is 1. The first-order valence-corrected chi connectivity index (χ1v) is 13.3. The Balaban J connectivity index is 1.86. The van der Waals surface area contributed by atoms with Gasteiger partial charge in [0.15, 0.2) is 11.3 Å². The second-order valence-electron chi connectivity index (χ2n) is 10.3. The molecule has 1 fully saturated rings. The number of nitrogens with one attached hydrogen (secondary N) is 1. The average molecular weight is 515 g/mol. The lowest BCUT2D eigenvalue weighted by molar-refractivity contribution is -0.148. The normalized spacial score (nSPS) is 24.4. The zero-order chi connectivity index (χ0) is 26.3. The van der Waals surface area contributed by atoms with Crippen LogP contribution >= 0.6 is 11.6 Å². The molecule has 0 radical (unpaired) electrons. The molecule has 2 heterocycles. The highest BCUT2D eigenvalue weighted by molar-refractivity contribution is 6.30. The van der Waals surface area contributed by atoms with Gasteiger partial charge < -0.3 is 10.2 Å². The topological polar surface area (TPSA) is 66.5 Å². The third-order valence-corrected chi connectivity index (χ3v) is 8.03. The van der Waals surface area contributed by atoms with Crippen LogP contribution in [0.25, 0.3) is 0 Å². The van der Waals surface area contributed by atoms with Crippen LogP contribution in [0, 0.1) is 11.8 Å². The van der Waals surface area contributed by atoms with E-state index < -0.39 is 17.4 Å². The van der Waals surface area contributed by atoms with Gasteiger partial charge >= 0.3 is 0 Å². The maximum Gasteiger partial charge on any atom is 0.255 e. The molecule has 3 aromatic carbocycles. The second-order valence-corrected chi connectivity index (χ2v) is 10.7. The molecule has 37 heavy (non-hydrogen) atoms. The fourth-order valence-electron chi connectivity index (χ4n) is 6.32. The number of benzene rings is 3. The number of anilines is 1. The number of halogens is 1. The molecule has 4 unspecified atom stereocenters. The van der Waals surface area contributed by atoms with Crippen molar-refractivity contribution in [1.29, 1.82) is 0 Å². The van der Waals surface area contributed by atoms with Crippen LogP contribution < -0.4 is 5.32 Å². The lowest BCUT2D eigenvalue weighted by atomic mass is 9.69. The van der Waals surface area contributed by atoms with Gasteiger partial charge in [0.05, 0.1) is 5.92 Å². The summed E-state index contributed by atoms with van der Waals surface area (Å²) in [5.41, 5.74) is 1.28. The minimum atomic E-state index is -1.46. The van der Waals surface area contributed by atoms with Crippen LogP contribution in [0.5, 0.6) is 0 Å². The number of para-hydroxylation sites is 1. The molecular formula is C31H31ClN2O3. The van der Waals surface area contributed by atoms with Gasteiger partial charge in [0.1, 0.15) is 0 Å². The molecule has 0 bridgehead atoms. The summed E-state index contributed by atoms with van der Waals surface area (Å²) in [6, 6.07) is 23.7. The van der Waals surface area contributed by atoms with Gasteiger partial charge in [0, 0.05) is 39.7 Å². The van der Waals surface area contributed by atoms with Gasteiger partial charge in [-0.15, -0.1) is 0 Å². The standard InChI is InChI=1S/C31H31ClN2O3/c1-4-10-25-26(20-15-17-22(32)18-16-20)27(28(35)21-11-6-5-7-12-21)31(34(25)29(36)19(2)3)23-13-8-9-14-24(23)33-30(31)37/h5-9,11-19,25-27H,4,10H2,1-3H3,(H,33,37). The van der Waals surface area contributed by atoms with E-state index >= 15 is 0 Å². The van der Waals surface area contributed by atoms with Gasteiger partial charge in [-0.05, 0) is 30.2 Å². The van der Waals surface area contributed by atoms with Crippen molar-refractivity contribution >= 4 is 34.9 Å². The molecule has 4 atom stereocenters. The summed E-state index contributed by atoms with van der Waals surface area (Å²) in [5, 5.41) is 3.62. The van der Waals surface area contributed by atoms with Crippen LogP contribution in [0.1, 0.15) is 61.0 Å². The van der Waals surface area contributed by atoms with Gasteiger partial charge in [-0.3, -0.25) is 14.4 Å². The van der Waals surface area contributed by atoms with Crippen molar-refractivity contribution in [3.05, 3.63) is 101 Å². The minimum absolute atomic E-state index is 0.132. The van der Waals surface area contributed by atoms with E-state index in [-0.39, 0.29) is 29.6 Å². The first-order chi connectivity index (χ1) is 17.8. The summed E-state index contributed by atoms with van der Waals surface area (Å²) in [6.07, 6.45) is 1.45. The van der Waals surface area contributed by atoms with E-state index in [1.54, 1.807) is 17.0 Å². The summed E-state index contributed by atoms with van der Waals surface area (Å²) in [4.78, 5) is 44.7. The average Bonchev–Trinajstić information content (AvgIpc) is 3.36. The van der Waals surface area contributed by atoms with Crippen molar-refractivity contribution in [2.24, 2.45) is 11.8 Å². The molecular weight excluding hydrogens is 484 g/mol. The summed E-state index contributed by atoms with van der Waals surface area (Å²) in [5.74, 6) is -2.17. The molecule has 0 saturated carbocycles. The van der Waals surface area contributed by atoms with Gasteiger partial charge in [-0.2, -0.15) is 0 Å². The summed E-state index contributed by atoms with van der Waals surface area (Å²) in [6.45, 7) is 5.77. The molecule has 190 valence electrons. The zero-order valence-electron chi connectivity index (χ0n) is 21.3. The van der Waals surface area contributed by atoms with Crippen LogP contribution in [-0.4, -0.2) is 28.5 Å². The second kappa shape index (κ2) is 9.79. The number of amides is 2. The Kier molecular flexibility index (Phi) is 6.67. The SMILES string of the molecule is CCCC1C(c2ccc(Cl)cc2)C(C(=O)c2ccccc2)C2(C(=O)Nc3ccccc32)N1C(=O)C(C)C. The number of hydrogen-bond acceptors (Lipinski definition) is 3. The van der Waals surface area contributed by atoms with Crippen molar-refractivity contribution in [2.75, 3.05) is 5.32 Å². The van der Waals surface area contributed by atoms with Crippen molar-refractivity contribution in [3.8, 4) is 0 Å². The Morgan fingerprint density at radius 2 is 1.62 bits per heavy atom. The van der Waals surface area contributed by atoms with E-state index in [1.807, 2.05) is 80.6 Å². The van der Waals surface area contributed by atoms with Gasteiger partial charge in [-0.1, -0.05) is 99.5 Å². The minimum Gasteiger partial charge on any atom is -0.323 e. The van der Waals surface area contributed by atoms with E-state index in [1.165, 1.54) is 0 Å². The Morgan fingerprint density at radius 1 is 0.973 bits per heavy atom.